The number of nitrogens with zero attached hydrogens (tertiary/aromatic N) is 4. The molecule has 98 valence electrons. The third-order valence-corrected chi connectivity index (χ3v) is 4.95. The maximum Gasteiger partial charge on any atom is 0.214 e. The van der Waals surface area contributed by atoms with E-state index < -0.39 is 0 Å². The van der Waals surface area contributed by atoms with Crippen molar-refractivity contribution in [1.29, 1.82) is 0 Å². The van der Waals surface area contributed by atoms with Crippen LogP contribution in [0.4, 0.5) is 0 Å². The van der Waals surface area contributed by atoms with Crippen LogP contribution in [-0.4, -0.2) is 25.1 Å². The normalized spacial score (nSPS) is 11.3. The van der Waals surface area contributed by atoms with E-state index in [0.717, 1.165) is 27.5 Å². The number of thiophene rings is 1. The Morgan fingerprint density at radius 2 is 2.16 bits per heavy atom. The van der Waals surface area contributed by atoms with Gasteiger partial charge < -0.3 is 0 Å². The summed E-state index contributed by atoms with van der Waals surface area (Å²) in [5.74, 6) is 0.894. The molecular weight excluding hydrogens is 278 g/mol. The maximum atomic E-state index is 4.41. The van der Waals surface area contributed by atoms with Crippen LogP contribution >= 0.6 is 23.1 Å². The zero-order valence-corrected chi connectivity index (χ0v) is 12.5. The highest BCUT2D eigenvalue weighted by Crippen LogP contribution is 2.36. The number of aromatic amines is 1. The van der Waals surface area contributed by atoms with Crippen molar-refractivity contribution in [3.8, 4) is 0 Å². The second-order valence-electron chi connectivity index (χ2n) is 4.16. The van der Waals surface area contributed by atoms with E-state index in [1.54, 1.807) is 17.7 Å². The summed E-state index contributed by atoms with van der Waals surface area (Å²) in [5, 5.41) is 9.87. The van der Waals surface area contributed by atoms with E-state index in [2.05, 4.69) is 39.0 Å². The van der Waals surface area contributed by atoms with Crippen molar-refractivity contribution < 1.29 is 0 Å². The van der Waals surface area contributed by atoms with Crippen LogP contribution in [0.15, 0.2) is 16.5 Å². The Bertz CT molecular complexity index is 731. The van der Waals surface area contributed by atoms with Gasteiger partial charge in [0.15, 0.2) is 0 Å². The number of hydrogen-bond donors (Lipinski definition) is 1. The van der Waals surface area contributed by atoms with E-state index in [1.807, 2.05) is 6.92 Å². The molecule has 0 saturated carbocycles. The monoisotopic (exact) mass is 291 g/mol. The Labute approximate surface area is 118 Å². The van der Waals surface area contributed by atoms with Crippen LogP contribution < -0.4 is 0 Å². The van der Waals surface area contributed by atoms with Crippen LogP contribution in [0, 0.1) is 13.8 Å². The first-order valence-electron chi connectivity index (χ1n) is 5.99. The van der Waals surface area contributed by atoms with E-state index >= 15 is 0 Å². The molecule has 7 heteroatoms. The van der Waals surface area contributed by atoms with Crippen LogP contribution in [-0.2, 0) is 6.42 Å². The lowest BCUT2D eigenvalue weighted by Gasteiger charge is -1.99. The van der Waals surface area contributed by atoms with Crippen LogP contribution in [0.2, 0.25) is 0 Å². The molecule has 0 aliphatic rings. The van der Waals surface area contributed by atoms with Crippen LogP contribution in [0.5, 0.6) is 0 Å². The molecule has 0 saturated heterocycles. The Morgan fingerprint density at radius 3 is 2.89 bits per heavy atom. The SMILES string of the molecule is CCc1nc(Sc2ncnc3sc(C)c(C)c23)n[nH]1. The number of fused-ring (bicyclic) bond motifs is 1. The first-order valence-corrected chi connectivity index (χ1v) is 7.62. The zero-order chi connectivity index (χ0) is 13.4. The summed E-state index contributed by atoms with van der Waals surface area (Å²) in [4.78, 5) is 15.4. The molecule has 0 fully saturated rings. The van der Waals surface area contributed by atoms with Crippen molar-refractivity contribution in [3.63, 3.8) is 0 Å². The average molecular weight is 291 g/mol. The standard InChI is InChI=1S/C12H13N5S2/c1-4-8-15-12(17-16-8)19-11-9-6(2)7(3)18-10(9)13-5-14-11/h5H,4H2,1-3H3,(H,15,16,17). The summed E-state index contributed by atoms with van der Waals surface area (Å²) in [6, 6.07) is 0. The van der Waals surface area contributed by atoms with Gasteiger partial charge in [-0.15, -0.1) is 16.4 Å². The topological polar surface area (TPSA) is 67.3 Å². The lowest BCUT2D eigenvalue weighted by atomic mass is 10.2. The Morgan fingerprint density at radius 1 is 1.32 bits per heavy atom. The van der Waals surface area contributed by atoms with Crippen molar-refractivity contribution in [2.45, 2.75) is 37.4 Å². The van der Waals surface area contributed by atoms with E-state index in [4.69, 9.17) is 0 Å². The summed E-state index contributed by atoms with van der Waals surface area (Å²) in [6.07, 6.45) is 2.46. The number of H-pyrrole nitrogens is 1. The van der Waals surface area contributed by atoms with Crippen molar-refractivity contribution >= 4 is 33.3 Å². The van der Waals surface area contributed by atoms with E-state index in [-0.39, 0.29) is 0 Å². The van der Waals surface area contributed by atoms with Gasteiger partial charge in [0.1, 0.15) is 22.0 Å². The first kappa shape index (κ1) is 12.6. The summed E-state index contributed by atoms with van der Waals surface area (Å²) in [7, 11) is 0. The van der Waals surface area contributed by atoms with E-state index in [1.165, 1.54) is 22.2 Å². The van der Waals surface area contributed by atoms with Crippen LogP contribution in [0.1, 0.15) is 23.2 Å². The lowest BCUT2D eigenvalue weighted by molar-refractivity contribution is 0.940. The van der Waals surface area contributed by atoms with E-state index in [9.17, 15) is 0 Å². The van der Waals surface area contributed by atoms with Gasteiger partial charge in [0.05, 0.1) is 0 Å². The summed E-state index contributed by atoms with van der Waals surface area (Å²) < 4.78 is 0. The average Bonchev–Trinajstić information content (AvgIpc) is 2.96. The minimum atomic E-state index is 0.708. The van der Waals surface area contributed by atoms with Gasteiger partial charge >= 0.3 is 0 Å². The Hall–Kier alpha value is -1.47. The lowest BCUT2D eigenvalue weighted by Crippen LogP contribution is -1.86. The summed E-state index contributed by atoms with van der Waals surface area (Å²) >= 11 is 3.18. The molecule has 0 aromatic carbocycles. The molecule has 0 aliphatic carbocycles. The molecule has 0 aliphatic heterocycles. The summed E-state index contributed by atoms with van der Waals surface area (Å²) in [6.45, 7) is 6.26. The van der Waals surface area contributed by atoms with Gasteiger partial charge in [-0.25, -0.2) is 15.0 Å². The molecule has 0 radical (unpaired) electrons. The molecule has 0 unspecified atom stereocenters. The highest BCUT2D eigenvalue weighted by molar-refractivity contribution is 7.99. The minimum absolute atomic E-state index is 0.708. The van der Waals surface area contributed by atoms with Crippen molar-refractivity contribution in [2.75, 3.05) is 0 Å². The number of aromatic nitrogens is 5. The minimum Gasteiger partial charge on any atom is -0.262 e. The third-order valence-electron chi connectivity index (χ3n) is 2.96. The molecule has 0 spiro atoms. The fraction of sp³-hybridized carbons (Fsp3) is 0.333. The molecule has 5 nitrogen and oxygen atoms in total. The van der Waals surface area contributed by atoms with Gasteiger partial charge in [-0.3, -0.25) is 5.10 Å². The van der Waals surface area contributed by atoms with Gasteiger partial charge in [0.25, 0.3) is 0 Å². The fourth-order valence-electron chi connectivity index (χ4n) is 1.80. The van der Waals surface area contributed by atoms with Gasteiger partial charge in [-0.2, -0.15) is 0 Å². The highest BCUT2D eigenvalue weighted by atomic mass is 32.2. The van der Waals surface area contributed by atoms with Crippen LogP contribution in [0.3, 0.4) is 0 Å². The fourth-order valence-corrected chi connectivity index (χ4v) is 3.73. The second-order valence-corrected chi connectivity index (χ2v) is 6.32. The molecule has 0 atom stereocenters. The zero-order valence-electron chi connectivity index (χ0n) is 10.9. The number of aryl methyl sites for hydroxylation is 3. The molecule has 3 rings (SSSR count). The maximum absolute atomic E-state index is 4.41. The van der Waals surface area contributed by atoms with Crippen molar-refractivity contribution in [2.24, 2.45) is 0 Å². The Balaban J connectivity index is 2.05. The summed E-state index contributed by atoms with van der Waals surface area (Å²) in [5.41, 5.74) is 1.24. The second kappa shape index (κ2) is 4.90. The van der Waals surface area contributed by atoms with Crippen molar-refractivity contribution in [3.05, 3.63) is 22.6 Å². The largest absolute Gasteiger partial charge is 0.262 e. The predicted octanol–water partition coefficient (Wildman–Crippen LogP) is 3.14. The predicted molar refractivity (Wildman–Crippen MR) is 76.8 cm³/mol. The quantitative estimate of drug-likeness (QED) is 0.751. The molecule has 19 heavy (non-hydrogen) atoms. The number of nitrogens with one attached hydrogen (secondary N) is 1. The van der Waals surface area contributed by atoms with Gasteiger partial charge in [0.2, 0.25) is 5.16 Å². The van der Waals surface area contributed by atoms with Gasteiger partial charge in [-0.05, 0) is 31.2 Å². The molecule has 3 heterocycles. The Kier molecular flexibility index (Phi) is 3.24. The molecule has 3 aromatic rings. The molecule has 0 amide bonds. The highest BCUT2D eigenvalue weighted by Gasteiger charge is 2.14. The first-order chi connectivity index (χ1) is 9.19. The van der Waals surface area contributed by atoms with Crippen LogP contribution in [0.25, 0.3) is 10.2 Å². The van der Waals surface area contributed by atoms with Gasteiger partial charge in [0, 0.05) is 16.7 Å². The van der Waals surface area contributed by atoms with E-state index in [0.29, 0.717) is 5.16 Å². The number of hydrogen-bond acceptors (Lipinski definition) is 6. The molecular formula is C12H13N5S2. The third kappa shape index (κ3) is 2.23. The van der Waals surface area contributed by atoms with Crippen molar-refractivity contribution in [1.82, 2.24) is 25.1 Å². The molecule has 0 bridgehead atoms. The smallest absolute Gasteiger partial charge is 0.214 e. The molecule has 3 aromatic heterocycles. The molecule has 1 N–H and O–H groups in total. The number of rotatable bonds is 3. The van der Waals surface area contributed by atoms with Gasteiger partial charge in [-0.1, -0.05) is 6.92 Å².